The SMILES string of the molecule is COc1cc(C(C)=O)c(C(CCNC(=O)c2ccccc2O)c2ccc(NC(=O)Nc3ccncc3)cc2)cc1OC. The van der Waals surface area contributed by atoms with Crippen molar-refractivity contribution in [2.45, 2.75) is 19.3 Å². The monoisotopic (exact) mass is 568 g/mol. The molecule has 1 unspecified atom stereocenters. The second-order valence-electron chi connectivity index (χ2n) is 9.40. The number of nitrogens with zero attached hydrogens (tertiary/aromatic N) is 1. The predicted molar refractivity (Wildman–Crippen MR) is 160 cm³/mol. The maximum Gasteiger partial charge on any atom is 0.323 e. The molecule has 10 nitrogen and oxygen atoms in total. The fourth-order valence-electron chi connectivity index (χ4n) is 4.61. The van der Waals surface area contributed by atoms with E-state index >= 15 is 0 Å². The first-order valence-electron chi connectivity index (χ1n) is 13.2. The van der Waals surface area contributed by atoms with Gasteiger partial charge in [0.2, 0.25) is 0 Å². The standard InChI is InChI=1S/C32H32N4O6/c1-20(37)26-18-29(41-2)30(42-3)19-27(26)24(14-17-34-31(39)25-6-4-5-7-28(25)38)21-8-10-22(11-9-21)35-32(40)36-23-12-15-33-16-13-23/h4-13,15-16,18-19,24,38H,14,17H2,1-3H3,(H,34,39)(H2,33,35,36,40). The number of Topliss-reactive ketones (excluding diaryl/α,β-unsaturated/α-hetero) is 1. The van der Waals surface area contributed by atoms with Gasteiger partial charge in [-0.05, 0) is 73.0 Å². The van der Waals surface area contributed by atoms with Crippen molar-refractivity contribution in [2.75, 3.05) is 31.4 Å². The van der Waals surface area contributed by atoms with Crippen LogP contribution in [-0.2, 0) is 0 Å². The van der Waals surface area contributed by atoms with Gasteiger partial charge in [0.1, 0.15) is 5.75 Å². The molecule has 3 aromatic carbocycles. The van der Waals surface area contributed by atoms with Crippen molar-refractivity contribution in [1.29, 1.82) is 0 Å². The lowest BCUT2D eigenvalue weighted by molar-refractivity contribution is 0.0948. The fraction of sp³-hybridized carbons (Fsp3) is 0.188. The highest BCUT2D eigenvalue weighted by Gasteiger charge is 2.23. The minimum Gasteiger partial charge on any atom is -0.507 e. The zero-order valence-electron chi connectivity index (χ0n) is 23.5. The number of carbonyl (C=O) groups is 3. The summed E-state index contributed by atoms with van der Waals surface area (Å²) in [7, 11) is 3.03. The van der Waals surface area contributed by atoms with E-state index in [-0.39, 0.29) is 29.6 Å². The second kappa shape index (κ2) is 13.8. The second-order valence-corrected chi connectivity index (χ2v) is 9.40. The summed E-state index contributed by atoms with van der Waals surface area (Å²) in [6, 6.07) is 20.0. The van der Waals surface area contributed by atoms with Crippen molar-refractivity contribution in [1.82, 2.24) is 10.3 Å². The average molecular weight is 569 g/mol. The average Bonchev–Trinajstić information content (AvgIpc) is 2.99. The molecule has 0 aliphatic heterocycles. The first-order valence-corrected chi connectivity index (χ1v) is 13.2. The quantitative estimate of drug-likeness (QED) is 0.173. The summed E-state index contributed by atoms with van der Waals surface area (Å²) in [4.78, 5) is 41.9. The summed E-state index contributed by atoms with van der Waals surface area (Å²) >= 11 is 0. The molecule has 42 heavy (non-hydrogen) atoms. The van der Waals surface area contributed by atoms with Crippen LogP contribution in [0.15, 0.2) is 85.2 Å². The van der Waals surface area contributed by atoms with Crippen molar-refractivity contribution < 1.29 is 29.0 Å². The zero-order valence-corrected chi connectivity index (χ0v) is 23.5. The first-order chi connectivity index (χ1) is 20.3. The number of amides is 3. The van der Waals surface area contributed by atoms with Gasteiger partial charge in [0.15, 0.2) is 17.3 Å². The molecule has 0 radical (unpaired) electrons. The Kier molecular flexibility index (Phi) is 9.73. The molecule has 4 aromatic rings. The van der Waals surface area contributed by atoms with Crippen LogP contribution in [0.25, 0.3) is 0 Å². The predicted octanol–water partition coefficient (Wildman–Crippen LogP) is 5.60. The number of phenols is 1. The number of ether oxygens (including phenoxy) is 2. The van der Waals surface area contributed by atoms with Crippen LogP contribution in [0.4, 0.5) is 16.2 Å². The van der Waals surface area contributed by atoms with Crippen molar-refractivity contribution in [3.05, 3.63) is 107 Å². The van der Waals surface area contributed by atoms with E-state index in [1.807, 2.05) is 12.1 Å². The lowest BCUT2D eigenvalue weighted by atomic mass is 9.84. The van der Waals surface area contributed by atoms with E-state index in [1.54, 1.807) is 67.0 Å². The molecule has 1 atom stereocenters. The number of benzene rings is 3. The third-order valence-corrected chi connectivity index (χ3v) is 6.69. The van der Waals surface area contributed by atoms with E-state index < -0.39 is 11.9 Å². The molecule has 10 heteroatoms. The molecule has 4 N–H and O–H groups in total. The Balaban J connectivity index is 1.61. The van der Waals surface area contributed by atoms with Crippen LogP contribution in [-0.4, -0.2) is 48.6 Å². The molecule has 0 spiro atoms. The van der Waals surface area contributed by atoms with Crippen LogP contribution >= 0.6 is 0 Å². The number of aromatic nitrogens is 1. The molecule has 0 aliphatic carbocycles. The molecule has 216 valence electrons. The highest BCUT2D eigenvalue weighted by Crippen LogP contribution is 2.38. The molecule has 0 saturated heterocycles. The van der Waals surface area contributed by atoms with Crippen molar-refractivity contribution in [3.63, 3.8) is 0 Å². The van der Waals surface area contributed by atoms with Gasteiger partial charge in [0, 0.05) is 41.8 Å². The molecule has 0 fully saturated rings. The molecule has 0 aliphatic rings. The molecule has 0 bridgehead atoms. The number of methoxy groups -OCH3 is 2. The van der Waals surface area contributed by atoms with Gasteiger partial charge in [0.25, 0.3) is 5.91 Å². The third-order valence-electron chi connectivity index (χ3n) is 6.69. The zero-order chi connectivity index (χ0) is 30.1. The summed E-state index contributed by atoms with van der Waals surface area (Å²) in [5.74, 6) is -0.120. The Labute approximate surface area is 243 Å². The Morgan fingerprint density at radius 1 is 0.833 bits per heavy atom. The summed E-state index contributed by atoms with van der Waals surface area (Å²) in [6.45, 7) is 1.73. The highest BCUT2D eigenvalue weighted by atomic mass is 16.5. The number of pyridine rings is 1. The Morgan fingerprint density at radius 3 is 2.07 bits per heavy atom. The normalized spacial score (nSPS) is 11.2. The van der Waals surface area contributed by atoms with Gasteiger partial charge in [-0.15, -0.1) is 0 Å². The van der Waals surface area contributed by atoms with E-state index in [0.29, 0.717) is 40.4 Å². The Hall–Kier alpha value is -5.38. The van der Waals surface area contributed by atoms with Gasteiger partial charge >= 0.3 is 6.03 Å². The Bertz CT molecular complexity index is 1560. The number of phenolic OH excluding ortho intramolecular Hbond substituents is 1. The van der Waals surface area contributed by atoms with Crippen LogP contribution < -0.4 is 25.4 Å². The fourth-order valence-corrected chi connectivity index (χ4v) is 4.61. The number of rotatable bonds is 11. The van der Waals surface area contributed by atoms with Gasteiger partial charge in [-0.3, -0.25) is 14.6 Å². The summed E-state index contributed by atoms with van der Waals surface area (Å²) < 4.78 is 11.0. The van der Waals surface area contributed by atoms with Crippen LogP contribution in [0.1, 0.15) is 51.1 Å². The minimum absolute atomic E-state index is 0.110. The lowest BCUT2D eigenvalue weighted by Gasteiger charge is -2.23. The number of hydrogen-bond acceptors (Lipinski definition) is 7. The van der Waals surface area contributed by atoms with E-state index in [2.05, 4.69) is 20.9 Å². The number of hydrogen-bond donors (Lipinski definition) is 4. The molecule has 0 saturated carbocycles. The molecule has 3 amide bonds. The molecule has 4 rings (SSSR count). The maximum absolute atomic E-state index is 12.7. The first kappa shape index (κ1) is 29.6. The maximum atomic E-state index is 12.7. The molecular formula is C32H32N4O6. The van der Waals surface area contributed by atoms with Crippen molar-refractivity contribution in [2.24, 2.45) is 0 Å². The van der Waals surface area contributed by atoms with E-state index in [4.69, 9.17) is 9.47 Å². The van der Waals surface area contributed by atoms with Crippen LogP contribution in [0.2, 0.25) is 0 Å². The number of carbonyl (C=O) groups excluding carboxylic acids is 3. The number of urea groups is 1. The smallest absolute Gasteiger partial charge is 0.323 e. The summed E-state index contributed by atoms with van der Waals surface area (Å²) in [6.07, 6.45) is 3.59. The number of nitrogens with one attached hydrogen (secondary N) is 3. The molecular weight excluding hydrogens is 536 g/mol. The van der Waals surface area contributed by atoms with Crippen molar-refractivity contribution >= 4 is 29.1 Å². The number of anilines is 2. The third kappa shape index (κ3) is 7.22. The summed E-state index contributed by atoms with van der Waals surface area (Å²) in [5.41, 5.74) is 3.36. The van der Waals surface area contributed by atoms with Crippen LogP contribution in [0.5, 0.6) is 17.2 Å². The van der Waals surface area contributed by atoms with Gasteiger partial charge in [-0.2, -0.15) is 0 Å². The number of aromatic hydroxyl groups is 1. The van der Waals surface area contributed by atoms with E-state index in [1.165, 1.54) is 27.2 Å². The van der Waals surface area contributed by atoms with Crippen LogP contribution in [0, 0.1) is 0 Å². The van der Waals surface area contributed by atoms with Gasteiger partial charge in [0.05, 0.1) is 19.8 Å². The molecule has 1 heterocycles. The van der Waals surface area contributed by atoms with Gasteiger partial charge < -0.3 is 30.5 Å². The van der Waals surface area contributed by atoms with Crippen molar-refractivity contribution in [3.8, 4) is 17.2 Å². The Morgan fingerprint density at radius 2 is 1.45 bits per heavy atom. The molecule has 1 aromatic heterocycles. The van der Waals surface area contributed by atoms with Gasteiger partial charge in [-0.1, -0.05) is 24.3 Å². The highest BCUT2D eigenvalue weighted by molar-refractivity contribution is 6.00. The minimum atomic E-state index is -0.411. The van der Waals surface area contributed by atoms with Gasteiger partial charge in [-0.25, -0.2) is 4.79 Å². The largest absolute Gasteiger partial charge is 0.507 e. The van der Waals surface area contributed by atoms with Crippen LogP contribution in [0.3, 0.4) is 0 Å². The number of ketones is 1. The number of para-hydroxylation sites is 1. The topological polar surface area (TPSA) is 139 Å². The van der Waals surface area contributed by atoms with E-state index in [9.17, 15) is 19.5 Å². The summed E-state index contributed by atoms with van der Waals surface area (Å²) in [5, 5.41) is 18.5. The lowest BCUT2D eigenvalue weighted by Crippen LogP contribution is -2.26. The van der Waals surface area contributed by atoms with E-state index in [0.717, 1.165) is 5.56 Å².